The second-order valence-electron chi connectivity index (χ2n) is 7.20. The van der Waals surface area contributed by atoms with Crippen LogP contribution in [0, 0.1) is 0 Å². The van der Waals surface area contributed by atoms with Gasteiger partial charge in [0.1, 0.15) is 11.5 Å². The Morgan fingerprint density at radius 3 is 1.43 bits per heavy atom. The normalized spacial score (nSPS) is 11.0. The molecule has 2 rings (SSSR count). The van der Waals surface area contributed by atoms with Crippen molar-refractivity contribution in [1.82, 2.24) is 10.6 Å². The van der Waals surface area contributed by atoms with Crippen molar-refractivity contribution in [3.05, 3.63) is 47.5 Å². The molecule has 6 heteroatoms. The summed E-state index contributed by atoms with van der Waals surface area (Å²) in [5, 5.41) is 25.8. The van der Waals surface area contributed by atoms with Gasteiger partial charge >= 0.3 is 0 Å². The summed E-state index contributed by atoms with van der Waals surface area (Å²) in [5.41, 5.74) is 14.6. The summed E-state index contributed by atoms with van der Waals surface area (Å²) in [4.78, 5) is 0. The highest BCUT2D eigenvalue weighted by Gasteiger charge is 2.00. The van der Waals surface area contributed by atoms with Crippen LogP contribution in [0.5, 0.6) is 11.5 Å². The number of unbranched alkanes of at least 4 members (excludes halogenated alkanes) is 3. The fourth-order valence-electron chi connectivity index (χ4n) is 3.09. The van der Waals surface area contributed by atoms with Crippen LogP contribution >= 0.6 is 0 Å². The molecule has 0 saturated heterocycles. The van der Waals surface area contributed by atoms with Gasteiger partial charge in [-0.25, -0.2) is 0 Å². The first-order valence-electron chi connectivity index (χ1n) is 10.1. The van der Waals surface area contributed by atoms with E-state index in [0.29, 0.717) is 11.4 Å². The van der Waals surface area contributed by atoms with Gasteiger partial charge in [0, 0.05) is 0 Å². The molecule has 0 aliphatic carbocycles. The fourth-order valence-corrected chi connectivity index (χ4v) is 3.09. The number of phenols is 2. The molecule has 154 valence electrons. The molecule has 2 aromatic carbocycles. The van der Waals surface area contributed by atoms with Gasteiger partial charge in [-0.05, 0) is 87.3 Å². The van der Waals surface area contributed by atoms with Gasteiger partial charge in [-0.3, -0.25) is 0 Å². The number of hydrogen-bond donors (Lipinski definition) is 6. The van der Waals surface area contributed by atoms with Gasteiger partial charge in [-0.15, -0.1) is 0 Å². The van der Waals surface area contributed by atoms with Gasteiger partial charge < -0.3 is 32.3 Å². The molecule has 0 bridgehead atoms. The summed E-state index contributed by atoms with van der Waals surface area (Å²) in [6.07, 6.45) is 6.67. The van der Waals surface area contributed by atoms with Crippen molar-refractivity contribution < 1.29 is 10.2 Å². The third-order valence-electron chi connectivity index (χ3n) is 4.82. The molecule has 0 amide bonds. The first-order valence-corrected chi connectivity index (χ1v) is 10.1. The Hall–Kier alpha value is -2.44. The summed E-state index contributed by atoms with van der Waals surface area (Å²) in [6, 6.07) is 10.8. The van der Waals surface area contributed by atoms with Gasteiger partial charge in [0.25, 0.3) is 0 Å². The minimum absolute atomic E-state index is 0.149. The molecule has 0 aromatic heterocycles. The summed E-state index contributed by atoms with van der Waals surface area (Å²) in [7, 11) is 0. The number of rotatable bonds is 13. The lowest BCUT2D eigenvalue weighted by Gasteiger charge is -2.08. The van der Waals surface area contributed by atoms with E-state index >= 15 is 0 Å². The Morgan fingerprint density at radius 1 is 0.607 bits per heavy atom. The van der Waals surface area contributed by atoms with Crippen molar-refractivity contribution in [3.8, 4) is 11.5 Å². The Kier molecular flexibility index (Phi) is 9.45. The highest BCUT2D eigenvalue weighted by atomic mass is 16.3. The number of benzene rings is 2. The third-order valence-corrected chi connectivity index (χ3v) is 4.82. The van der Waals surface area contributed by atoms with E-state index in [9.17, 15) is 10.2 Å². The quantitative estimate of drug-likeness (QED) is 0.179. The first kappa shape index (κ1) is 21.9. The molecule has 6 nitrogen and oxygen atoms in total. The number of anilines is 2. The first-order chi connectivity index (χ1) is 13.6. The van der Waals surface area contributed by atoms with Gasteiger partial charge in [0.15, 0.2) is 0 Å². The Morgan fingerprint density at radius 2 is 1.04 bits per heavy atom. The van der Waals surface area contributed by atoms with Gasteiger partial charge in [0.2, 0.25) is 0 Å². The number of hydrogen-bond acceptors (Lipinski definition) is 6. The molecule has 0 unspecified atom stereocenters. The zero-order chi connectivity index (χ0) is 20.2. The van der Waals surface area contributed by atoms with Crippen LogP contribution in [0.2, 0.25) is 0 Å². The van der Waals surface area contributed by atoms with Crippen LogP contribution in [0.25, 0.3) is 0 Å². The monoisotopic (exact) mass is 386 g/mol. The van der Waals surface area contributed by atoms with E-state index in [4.69, 9.17) is 11.5 Å². The molecule has 0 radical (unpaired) electrons. The molecule has 0 aliphatic rings. The SMILES string of the molecule is Nc1cc(CCNCCCCCCNCCc2ccc(O)c(N)c2)ccc1O. The molecule has 8 N–H and O–H groups in total. The average Bonchev–Trinajstić information content (AvgIpc) is 2.68. The van der Waals surface area contributed by atoms with Crippen LogP contribution in [0.3, 0.4) is 0 Å². The smallest absolute Gasteiger partial charge is 0.138 e. The Labute approximate surface area is 168 Å². The van der Waals surface area contributed by atoms with E-state index in [1.807, 2.05) is 24.3 Å². The van der Waals surface area contributed by atoms with E-state index in [2.05, 4.69) is 10.6 Å². The minimum atomic E-state index is 0.149. The van der Waals surface area contributed by atoms with Crippen LogP contribution < -0.4 is 22.1 Å². The van der Waals surface area contributed by atoms with Crippen LogP contribution in [0.15, 0.2) is 36.4 Å². The lowest BCUT2D eigenvalue weighted by molar-refractivity contribution is 0.477. The maximum absolute atomic E-state index is 9.42. The Balaban J connectivity index is 1.39. The van der Waals surface area contributed by atoms with E-state index in [-0.39, 0.29) is 11.5 Å². The van der Waals surface area contributed by atoms with E-state index in [0.717, 1.165) is 50.1 Å². The number of phenolic OH excluding ortho intramolecular Hbond substituents is 2. The zero-order valence-electron chi connectivity index (χ0n) is 16.6. The summed E-state index contributed by atoms with van der Waals surface area (Å²) in [5.74, 6) is 0.299. The van der Waals surface area contributed by atoms with E-state index in [1.54, 1.807) is 12.1 Å². The van der Waals surface area contributed by atoms with Crippen molar-refractivity contribution in [3.63, 3.8) is 0 Å². The van der Waals surface area contributed by atoms with Gasteiger partial charge in [0.05, 0.1) is 11.4 Å². The number of nitrogens with one attached hydrogen (secondary N) is 2. The maximum atomic E-state index is 9.42. The van der Waals surface area contributed by atoms with Crippen LogP contribution in [-0.4, -0.2) is 36.4 Å². The molecule has 28 heavy (non-hydrogen) atoms. The lowest BCUT2D eigenvalue weighted by atomic mass is 10.1. The fraction of sp³-hybridized carbons (Fsp3) is 0.455. The predicted octanol–water partition coefficient (Wildman–Crippen LogP) is 2.79. The van der Waals surface area contributed by atoms with Crippen LogP contribution in [0.1, 0.15) is 36.8 Å². The molecule has 0 aliphatic heterocycles. The van der Waals surface area contributed by atoms with Gasteiger partial charge in [-0.2, -0.15) is 0 Å². The standard InChI is InChI=1S/C22H34N4O2/c23-19-15-17(5-7-21(19)27)9-13-25-11-3-1-2-4-12-26-14-10-18-6-8-22(28)20(24)16-18/h5-8,15-16,25-28H,1-4,9-14,23-24H2. The van der Waals surface area contributed by atoms with Crippen molar-refractivity contribution in [2.45, 2.75) is 38.5 Å². The molecule has 0 spiro atoms. The van der Waals surface area contributed by atoms with E-state index < -0.39 is 0 Å². The van der Waals surface area contributed by atoms with E-state index in [1.165, 1.54) is 25.7 Å². The van der Waals surface area contributed by atoms with Crippen molar-refractivity contribution in [1.29, 1.82) is 0 Å². The van der Waals surface area contributed by atoms with Gasteiger partial charge in [-0.1, -0.05) is 25.0 Å². The number of aromatic hydroxyl groups is 2. The maximum Gasteiger partial charge on any atom is 0.138 e. The largest absolute Gasteiger partial charge is 0.506 e. The van der Waals surface area contributed by atoms with Crippen LogP contribution in [0.4, 0.5) is 11.4 Å². The molecule has 0 atom stereocenters. The van der Waals surface area contributed by atoms with Crippen molar-refractivity contribution in [2.75, 3.05) is 37.6 Å². The topological polar surface area (TPSA) is 117 Å². The number of nitrogen functional groups attached to an aromatic ring is 2. The third kappa shape index (κ3) is 8.06. The highest BCUT2D eigenvalue weighted by Crippen LogP contribution is 2.21. The second-order valence-corrected chi connectivity index (χ2v) is 7.20. The molecule has 0 saturated carbocycles. The molecular weight excluding hydrogens is 352 g/mol. The summed E-state index contributed by atoms with van der Waals surface area (Å²) < 4.78 is 0. The van der Waals surface area contributed by atoms with Crippen molar-refractivity contribution >= 4 is 11.4 Å². The molecular formula is C22H34N4O2. The summed E-state index contributed by atoms with van der Waals surface area (Å²) in [6.45, 7) is 3.91. The Bertz CT molecular complexity index is 660. The molecule has 0 fully saturated rings. The zero-order valence-corrected chi connectivity index (χ0v) is 16.6. The lowest BCUT2D eigenvalue weighted by Crippen LogP contribution is -2.19. The minimum Gasteiger partial charge on any atom is -0.506 e. The number of nitrogens with two attached hydrogens (primary N) is 2. The van der Waals surface area contributed by atoms with Crippen LogP contribution in [-0.2, 0) is 12.8 Å². The molecule has 0 heterocycles. The molecule has 2 aromatic rings. The summed E-state index contributed by atoms with van der Waals surface area (Å²) >= 11 is 0. The van der Waals surface area contributed by atoms with Crippen molar-refractivity contribution in [2.24, 2.45) is 0 Å². The second kappa shape index (κ2) is 12.1. The highest BCUT2D eigenvalue weighted by molar-refractivity contribution is 5.53. The average molecular weight is 387 g/mol. The predicted molar refractivity (Wildman–Crippen MR) is 117 cm³/mol.